The monoisotopic (exact) mass is 401 g/mol. The lowest BCUT2D eigenvalue weighted by Crippen LogP contribution is -2.49. The van der Waals surface area contributed by atoms with E-state index in [2.05, 4.69) is 5.32 Å². The van der Waals surface area contributed by atoms with Crippen LogP contribution in [-0.4, -0.2) is 63.3 Å². The minimum Gasteiger partial charge on any atom is -0.339 e. The lowest BCUT2D eigenvalue weighted by molar-refractivity contribution is -0.137. The fraction of sp³-hybridized carbons (Fsp3) is 0.500. The summed E-state index contributed by atoms with van der Waals surface area (Å²) in [5, 5.41) is 3.07. The molecule has 0 saturated carbocycles. The Hall–Kier alpha value is -1.36. The molecule has 1 aliphatic rings. The van der Waals surface area contributed by atoms with E-state index in [9.17, 15) is 26.4 Å². The van der Waals surface area contributed by atoms with E-state index in [1.807, 2.05) is 0 Å². The maximum absolute atomic E-state index is 12.7. The Morgan fingerprint density at radius 2 is 1.88 bits per heavy atom. The first kappa shape index (κ1) is 21.7. The molecular formula is C14H19ClF3N3O3S. The van der Waals surface area contributed by atoms with Crippen LogP contribution in [0.25, 0.3) is 0 Å². The Balaban J connectivity index is 0.00000312. The quantitative estimate of drug-likeness (QED) is 0.822. The van der Waals surface area contributed by atoms with Crippen molar-refractivity contribution in [1.29, 1.82) is 0 Å². The zero-order chi connectivity index (χ0) is 18.0. The minimum absolute atomic E-state index is 0. The summed E-state index contributed by atoms with van der Waals surface area (Å²) in [6.07, 6.45) is -4.64. The normalized spacial score (nSPS) is 15.8. The molecule has 1 fully saturated rings. The van der Waals surface area contributed by atoms with Gasteiger partial charge in [0.15, 0.2) is 0 Å². The number of alkyl halides is 3. The Kier molecular flexibility index (Phi) is 7.24. The summed E-state index contributed by atoms with van der Waals surface area (Å²) >= 11 is 0. The average molecular weight is 402 g/mol. The third kappa shape index (κ3) is 5.30. The first-order chi connectivity index (χ1) is 11.1. The highest BCUT2D eigenvalue weighted by Gasteiger charge is 2.33. The molecule has 1 saturated heterocycles. The molecule has 2 rings (SSSR count). The van der Waals surface area contributed by atoms with Gasteiger partial charge in [0.25, 0.3) is 0 Å². The van der Waals surface area contributed by atoms with E-state index in [1.165, 1.54) is 11.9 Å². The number of nitrogens with one attached hydrogen (secondary N) is 1. The number of sulfonamides is 1. The molecule has 0 unspecified atom stereocenters. The molecule has 1 aromatic carbocycles. The van der Waals surface area contributed by atoms with Gasteiger partial charge in [-0.15, -0.1) is 12.4 Å². The highest BCUT2D eigenvalue weighted by Crippen LogP contribution is 2.30. The van der Waals surface area contributed by atoms with E-state index in [-0.39, 0.29) is 18.3 Å². The van der Waals surface area contributed by atoms with Crippen LogP contribution in [0.4, 0.5) is 13.2 Å². The van der Waals surface area contributed by atoms with Crippen LogP contribution >= 0.6 is 12.4 Å². The summed E-state index contributed by atoms with van der Waals surface area (Å²) in [5.74, 6) is -0.380. The second kappa shape index (κ2) is 8.35. The van der Waals surface area contributed by atoms with Gasteiger partial charge >= 0.3 is 6.18 Å². The predicted octanol–water partition coefficient (Wildman–Crippen LogP) is 1.18. The summed E-state index contributed by atoms with van der Waals surface area (Å²) in [7, 11) is -3.01. The van der Waals surface area contributed by atoms with Crippen molar-refractivity contribution in [3.8, 4) is 0 Å². The van der Waals surface area contributed by atoms with Crippen molar-refractivity contribution in [3.63, 3.8) is 0 Å². The minimum atomic E-state index is -4.64. The molecule has 1 heterocycles. The first-order valence-corrected chi connectivity index (χ1v) is 8.68. The molecule has 0 atom stereocenters. The fourth-order valence-corrected chi connectivity index (χ4v) is 3.47. The summed E-state index contributed by atoms with van der Waals surface area (Å²) in [6, 6.07) is 3.48. The number of hydrogen-bond donors (Lipinski definition) is 1. The highest BCUT2D eigenvalue weighted by atomic mass is 35.5. The van der Waals surface area contributed by atoms with Crippen molar-refractivity contribution in [2.75, 3.05) is 39.8 Å². The van der Waals surface area contributed by atoms with Crippen LogP contribution in [0, 0.1) is 0 Å². The molecular weight excluding hydrogens is 383 g/mol. The molecule has 6 nitrogen and oxygen atoms in total. The van der Waals surface area contributed by atoms with E-state index >= 15 is 0 Å². The van der Waals surface area contributed by atoms with Crippen LogP contribution in [0.2, 0.25) is 0 Å². The van der Waals surface area contributed by atoms with Crippen molar-refractivity contribution in [2.24, 2.45) is 0 Å². The third-order valence-corrected chi connectivity index (χ3v) is 5.50. The molecule has 142 valence electrons. The van der Waals surface area contributed by atoms with Crippen molar-refractivity contribution in [3.05, 3.63) is 29.8 Å². The Morgan fingerprint density at radius 1 is 1.28 bits per heavy atom. The zero-order valence-corrected chi connectivity index (χ0v) is 15.0. The van der Waals surface area contributed by atoms with Gasteiger partial charge in [-0.3, -0.25) is 4.79 Å². The molecule has 0 bridgehead atoms. The number of hydrogen-bond acceptors (Lipinski definition) is 4. The Bertz CT molecular complexity index is 707. The molecule has 1 amide bonds. The lowest BCUT2D eigenvalue weighted by Gasteiger charge is -2.29. The van der Waals surface area contributed by atoms with Crippen LogP contribution in [0.1, 0.15) is 5.56 Å². The van der Waals surface area contributed by atoms with Gasteiger partial charge in [-0.25, -0.2) is 8.42 Å². The molecule has 0 aliphatic carbocycles. The number of piperazine rings is 1. The maximum Gasteiger partial charge on any atom is 0.416 e. The molecule has 1 N–H and O–H groups in total. The Labute approximate surface area is 150 Å². The topological polar surface area (TPSA) is 69.7 Å². The van der Waals surface area contributed by atoms with Gasteiger partial charge in [0.1, 0.15) is 0 Å². The summed E-state index contributed by atoms with van der Waals surface area (Å²) < 4.78 is 63.8. The van der Waals surface area contributed by atoms with Crippen LogP contribution < -0.4 is 5.32 Å². The maximum atomic E-state index is 12.7. The molecule has 1 aromatic rings. The molecule has 11 heteroatoms. The van der Waals surface area contributed by atoms with E-state index in [4.69, 9.17) is 0 Å². The van der Waals surface area contributed by atoms with Gasteiger partial charge < -0.3 is 10.2 Å². The van der Waals surface area contributed by atoms with Crippen LogP contribution in [0.5, 0.6) is 0 Å². The van der Waals surface area contributed by atoms with Gasteiger partial charge in [-0.2, -0.15) is 17.5 Å². The third-order valence-electron chi connectivity index (χ3n) is 3.70. The Morgan fingerprint density at radius 3 is 2.44 bits per heavy atom. The number of halogens is 4. The van der Waals surface area contributed by atoms with E-state index in [0.29, 0.717) is 32.2 Å². The number of likely N-dealkylation sites (N-methyl/N-ethyl adjacent to an activating group) is 1. The van der Waals surface area contributed by atoms with Gasteiger partial charge in [-0.1, -0.05) is 6.07 Å². The van der Waals surface area contributed by atoms with Gasteiger partial charge in [0.2, 0.25) is 15.9 Å². The number of carbonyl (C=O) groups excluding carboxylic acids is 1. The number of amides is 1. The predicted molar refractivity (Wildman–Crippen MR) is 88.0 cm³/mol. The molecule has 1 aliphatic heterocycles. The summed E-state index contributed by atoms with van der Waals surface area (Å²) in [4.78, 5) is 13.2. The second-order valence-corrected chi connectivity index (χ2v) is 7.46. The number of nitrogens with zero attached hydrogens (tertiary/aromatic N) is 2. The number of benzene rings is 1. The number of rotatable bonds is 4. The van der Waals surface area contributed by atoms with E-state index in [0.717, 1.165) is 22.5 Å². The standard InChI is InChI=1S/C14H18F3N3O3S.ClH/c1-19(10-13(21)20-7-5-18-6-8-20)24(22,23)12-4-2-3-11(9-12)14(15,16)17;/h2-4,9,18H,5-8,10H2,1H3;1H. The van der Waals surface area contributed by atoms with Crippen LogP contribution in [0.3, 0.4) is 0 Å². The van der Waals surface area contributed by atoms with Gasteiger partial charge in [0, 0.05) is 33.2 Å². The van der Waals surface area contributed by atoms with Crippen molar-refractivity contribution in [1.82, 2.24) is 14.5 Å². The van der Waals surface area contributed by atoms with E-state index < -0.39 is 33.2 Å². The molecule has 0 aromatic heterocycles. The molecule has 0 spiro atoms. The highest BCUT2D eigenvalue weighted by molar-refractivity contribution is 7.89. The fourth-order valence-electron chi connectivity index (χ4n) is 2.30. The van der Waals surface area contributed by atoms with E-state index in [1.54, 1.807) is 0 Å². The van der Waals surface area contributed by atoms with Gasteiger partial charge in [-0.05, 0) is 18.2 Å². The number of carbonyl (C=O) groups is 1. The zero-order valence-electron chi connectivity index (χ0n) is 13.4. The summed E-state index contributed by atoms with van der Waals surface area (Å²) in [5.41, 5.74) is -1.05. The second-order valence-electron chi connectivity index (χ2n) is 5.42. The van der Waals surface area contributed by atoms with Crippen LogP contribution in [-0.2, 0) is 21.0 Å². The largest absolute Gasteiger partial charge is 0.416 e. The van der Waals surface area contributed by atoms with Crippen molar-refractivity contribution < 1.29 is 26.4 Å². The van der Waals surface area contributed by atoms with Crippen LogP contribution in [0.15, 0.2) is 29.2 Å². The average Bonchev–Trinajstić information content (AvgIpc) is 2.55. The van der Waals surface area contributed by atoms with Crippen molar-refractivity contribution in [2.45, 2.75) is 11.1 Å². The van der Waals surface area contributed by atoms with Crippen molar-refractivity contribution >= 4 is 28.3 Å². The van der Waals surface area contributed by atoms with Gasteiger partial charge in [0.05, 0.1) is 17.0 Å². The lowest BCUT2D eigenvalue weighted by atomic mass is 10.2. The SMILES string of the molecule is CN(CC(=O)N1CCNCC1)S(=O)(=O)c1cccc(C(F)(F)F)c1.Cl. The molecule has 25 heavy (non-hydrogen) atoms. The first-order valence-electron chi connectivity index (χ1n) is 7.24. The summed E-state index contributed by atoms with van der Waals surface area (Å²) in [6.45, 7) is 1.76. The molecule has 0 radical (unpaired) electrons. The smallest absolute Gasteiger partial charge is 0.339 e.